The Kier molecular flexibility index (Phi) is 4.18. The maximum absolute atomic E-state index is 10.8. The summed E-state index contributed by atoms with van der Waals surface area (Å²) in [5.74, 6) is 0.700. The summed E-state index contributed by atoms with van der Waals surface area (Å²) in [5.41, 5.74) is 1.05. The molecule has 0 bridgehead atoms. The van der Waals surface area contributed by atoms with Gasteiger partial charge in [-0.25, -0.2) is 0 Å². The first-order valence-corrected chi connectivity index (χ1v) is 8.23. The van der Waals surface area contributed by atoms with Crippen molar-refractivity contribution in [3.8, 4) is 11.5 Å². The molecular formula is C17H14O5S. The van der Waals surface area contributed by atoms with E-state index >= 15 is 0 Å². The molecule has 0 aliphatic rings. The van der Waals surface area contributed by atoms with Crippen molar-refractivity contribution >= 4 is 21.2 Å². The van der Waals surface area contributed by atoms with Gasteiger partial charge in [-0.2, -0.15) is 8.42 Å². The highest BCUT2D eigenvalue weighted by molar-refractivity contribution is 7.81. The second-order valence-electron chi connectivity index (χ2n) is 4.96. The molecule has 0 radical (unpaired) electrons. The van der Waals surface area contributed by atoms with Crippen LogP contribution in [-0.2, 0) is 17.0 Å². The minimum absolute atomic E-state index is 0.0419. The first-order valence-electron chi connectivity index (χ1n) is 6.87. The second kappa shape index (κ2) is 6.28. The molecule has 0 aromatic heterocycles. The average Bonchev–Trinajstić information content (AvgIpc) is 2.52. The van der Waals surface area contributed by atoms with E-state index in [0.717, 1.165) is 16.3 Å². The van der Waals surface area contributed by atoms with Gasteiger partial charge in [0.1, 0.15) is 18.1 Å². The minimum Gasteiger partial charge on any atom is -0.489 e. The van der Waals surface area contributed by atoms with Crippen LogP contribution in [0, 0.1) is 0 Å². The molecule has 1 N–H and O–H groups in total. The van der Waals surface area contributed by atoms with Gasteiger partial charge < -0.3 is 8.92 Å². The summed E-state index contributed by atoms with van der Waals surface area (Å²) in [5, 5.41) is 1.65. The Labute approximate surface area is 134 Å². The van der Waals surface area contributed by atoms with Crippen LogP contribution in [0.25, 0.3) is 10.8 Å². The zero-order chi connectivity index (χ0) is 16.3. The molecule has 0 spiro atoms. The van der Waals surface area contributed by atoms with E-state index in [0.29, 0.717) is 12.4 Å². The summed E-state index contributed by atoms with van der Waals surface area (Å²) in [7, 11) is -4.53. The normalized spacial score (nSPS) is 11.3. The SMILES string of the molecule is O=S(=O)(O)Oc1ccc2ccc(OCc3ccccc3)cc2c1. The van der Waals surface area contributed by atoms with Crippen molar-refractivity contribution in [3.63, 3.8) is 0 Å². The number of hydrogen-bond donors (Lipinski definition) is 1. The van der Waals surface area contributed by atoms with Crippen LogP contribution in [0.3, 0.4) is 0 Å². The summed E-state index contributed by atoms with van der Waals surface area (Å²) in [4.78, 5) is 0. The molecule has 0 unspecified atom stereocenters. The number of hydrogen-bond acceptors (Lipinski definition) is 4. The van der Waals surface area contributed by atoms with E-state index in [1.165, 1.54) is 12.1 Å². The van der Waals surface area contributed by atoms with E-state index in [1.807, 2.05) is 42.5 Å². The van der Waals surface area contributed by atoms with Crippen LogP contribution in [0.1, 0.15) is 5.56 Å². The third-order valence-corrected chi connectivity index (χ3v) is 3.64. The monoisotopic (exact) mass is 330 g/mol. The molecule has 0 amide bonds. The summed E-state index contributed by atoms with van der Waals surface area (Å²) in [6.07, 6.45) is 0. The predicted molar refractivity (Wildman–Crippen MR) is 86.9 cm³/mol. The molecule has 0 heterocycles. The molecule has 3 rings (SSSR count). The Morgan fingerprint density at radius 3 is 2.17 bits per heavy atom. The van der Waals surface area contributed by atoms with E-state index in [1.54, 1.807) is 12.1 Å². The van der Waals surface area contributed by atoms with Crippen molar-refractivity contribution in [2.24, 2.45) is 0 Å². The van der Waals surface area contributed by atoms with Crippen molar-refractivity contribution < 1.29 is 21.9 Å². The highest BCUT2D eigenvalue weighted by Crippen LogP contribution is 2.26. The maximum Gasteiger partial charge on any atom is 0.446 e. The Morgan fingerprint density at radius 2 is 1.48 bits per heavy atom. The van der Waals surface area contributed by atoms with Gasteiger partial charge in [-0.3, -0.25) is 4.55 Å². The minimum atomic E-state index is -4.53. The molecule has 0 atom stereocenters. The molecule has 23 heavy (non-hydrogen) atoms. The standard InChI is InChI=1S/C17H14O5S/c18-23(19,20)22-17-9-7-14-6-8-16(10-15(14)11-17)21-12-13-4-2-1-3-5-13/h1-11H,12H2,(H,18,19,20). The van der Waals surface area contributed by atoms with E-state index in [2.05, 4.69) is 4.18 Å². The summed E-state index contributed by atoms with van der Waals surface area (Å²) in [6.45, 7) is 0.438. The lowest BCUT2D eigenvalue weighted by Crippen LogP contribution is -2.06. The lowest BCUT2D eigenvalue weighted by atomic mass is 10.1. The second-order valence-corrected chi connectivity index (χ2v) is 5.98. The molecule has 0 saturated heterocycles. The molecule has 0 saturated carbocycles. The quantitative estimate of drug-likeness (QED) is 0.724. The van der Waals surface area contributed by atoms with Crippen LogP contribution in [0.2, 0.25) is 0 Å². The van der Waals surface area contributed by atoms with Crippen LogP contribution >= 0.6 is 0 Å². The van der Waals surface area contributed by atoms with Gasteiger partial charge in [-0.05, 0) is 40.6 Å². The highest BCUT2D eigenvalue weighted by Gasteiger charge is 2.08. The van der Waals surface area contributed by atoms with E-state index in [4.69, 9.17) is 9.29 Å². The summed E-state index contributed by atoms with van der Waals surface area (Å²) < 4.78 is 40.5. The predicted octanol–water partition coefficient (Wildman–Crippen LogP) is 3.60. The van der Waals surface area contributed by atoms with Crippen LogP contribution in [0.15, 0.2) is 66.7 Å². The molecule has 3 aromatic carbocycles. The number of rotatable bonds is 5. The number of benzene rings is 3. The lowest BCUT2D eigenvalue weighted by molar-refractivity contribution is 0.306. The van der Waals surface area contributed by atoms with E-state index in [-0.39, 0.29) is 5.75 Å². The fourth-order valence-electron chi connectivity index (χ4n) is 2.21. The zero-order valence-electron chi connectivity index (χ0n) is 12.0. The molecule has 5 nitrogen and oxygen atoms in total. The highest BCUT2D eigenvalue weighted by atomic mass is 32.3. The van der Waals surface area contributed by atoms with Crippen LogP contribution in [0.5, 0.6) is 11.5 Å². The van der Waals surface area contributed by atoms with Gasteiger partial charge in [-0.15, -0.1) is 0 Å². The molecule has 0 aliphatic heterocycles. The van der Waals surface area contributed by atoms with E-state index in [9.17, 15) is 8.42 Å². The summed E-state index contributed by atoms with van der Waals surface area (Å²) in [6, 6.07) is 20.0. The summed E-state index contributed by atoms with van der Waals surface area (Å²) >= 11 is 0. The molecule has 118 valence electrons. The molecule has 0 aliphatic carbocycles. The molecular weight excluding hydrogens is 316 g/mol. The van der Waals surface area contributed by atoms with Crippen molar-refractivity contribution in [2.45, 2.75) is 6.61 Å². The van der Waals surface area contributed by atoms with Crippen LogP contribution in [-0.4, -0.2) is 13.0 Å². The molecule has 6 heteroatoms. The first kappa shape index (κ1) is 15.3. The third kappa shape index (κ3) is 4.21. The Balaban J connectivity index is 1.82. The van der Waals surface area contributed by atoms with E-state index < -0.39 is 10.4 Å². The van der Waals surface area contributed by atoms with Gasteiger partial charge in [0.15, 0.2) is 0 Å². The van der Waals surface area contributed by atoms with Gasteiger partial charge in [0.25, 0.3) is 0 Å². The Bertz CT molecular complexity index is 920. The van der Waals surface area contributed by atoms with Gasteiger partial charge in [-0.1, -0.05) is 42.5 Å². The first-order chi connectivity index (χ1) is 11.0. The lowest BCUT2D eigenvalue weighted by Gasteiger charge is -2.08. The van der Waals surface area contributed by atoms with Gasteiger partial charge >= 0.3 is 10.4 Å². The van der Waals surface area contributed by atoms with Crippen molar-refractivity contribution in [1.82, 2.24) is 0 Å². The van der Waals surface area contributed by atoms with Crippen molar-refractivity contribution in [1.29, 1.82) is 0 Å². The van der Waals surface area contributed by atoms with Gasteiger partial charge in [0.05, 0.1) is 0 Å². The largest absolute Gasteiger partial charge is 0.489 e. The molecule has 3 aromatic rings. The maximum atomic E-state index is 10.8. The Hall–Kier alpha value is -2.57. The average molecular weight is 330 g/mol. The molecule has 0 fully saturated rings. The number of ether oxygens (including phenoxy) is 1. The number of fused-ring (bicyclic) bond motifs is 1. The fourth-order valence-corrected chi connectivity index (χ4v) is 2.55. The zero-order valence-corrected chi connectivity index (χ0v) is 12.9. The Morgan fingerprint density at radius 1 is 0.826 bits per heavy atom. The van der Waals surface area contributed by atoms with Crippen LogP contribution < -0.4 is 8.92 Å². The third-order valence-electron chi connectivity index (χ3n) is 3.23. The van der Waals surface area contributed by atoms with Crippen molar-refractivity contribution in [2.75, 3.05) is 0 Å². The topological polar surface area (TPSA) is 72.8 Å². The smallest absolute Gasteiger partial charge is 0.446 e. The van der Waals surface area contributed by atoms with Gasteiger partial charge in [0, 0.05) is 0 Å². The van der Waals surface area contributed by atoms with Gasteiger partial charge in [0.2, 0.25) is 0 Å². The van der Waals surface area contributed by atoms with Crippen molar-refractivity contribution in [3.05, 3.63) is 72.3 Å². The van der Waals surface area contributed by atoms with Crippen LogP contribution in [0.4, 0.5) is 0 Å². The fraction of sp³-hybridized carbons (Fsp3) is 0.0588.